The van der Waals surface area contributed by atoms with E-state index in [2.05, 4.69) is 30.9 Å². The Hall–Kier alpha value is -2.04. The maximum absolute atomic E-state index is 12.7. The van der Waals surface area contributed by atoms with Crippen LogP contribution in [0.15, 0.2) is 24.3 Å². The summed E-state index contributed by atoms with van der Waals surface area (Å²) in [6.45, 7) is 9.94. The fourth-order valence-corrected chi connectivity index (χ4v) is 4.15. The highest BCUT2D eigenvalue weighted by Gasteiger charge is 2.24. The van der Waals surface area contributed by atoms with E-state index in [1.165, 1.54) is 31.9 Å². The molecule has 0 N–H and O–H groups in total. The van der Waals surface area contributed by atoms with E-state index in [0.717, 1.165) is 44.2 Å². The van der Waals surface area contributed by atoms with Crippen LogP contribution in [0.5, 0.6) is 0 Å². The van der Waals surface area contributed by atoms with Crippen molar-refractivity contribution in [1.29, 1.82) is 0 Å². The average molecular weight is 372 g/mol. The lowest BCUT2D eigenvalue weighted by Crippen LogP contribution is -2.46. The van der Waals surface area contributed by atoms with Gasteiger partial charge in [0.15, 0.2) is 0 Å². The first kappa shape index (κ1) is 19.7. The van der Waals surface area contributed by atoms with Gasteiger partial charge in [-0.3, -0.25) is 9.59 Å². The van der Waals surface area contributed by atoms with E-state index in [1.807, 2.05) is 17.0 Å². The van der Waals surface area contributed by atoms with Crippen LogP contribution in [0.1, 0.15) is 46.5 Å². The lowest BCUT2D eigenvalue weighted by molar-refractivity contribution is -0.132. The second-order valence-electron chi connectivity index (χ2n) is 8.38. The van der Waals surface area contributed by atoms with Crippen molar-refractivity contribution in [1.82, 2.24) is 4.90 Å². The van der Waals surface area contributed by atoms with Gasteiger partial charge < -0.3 is 14.7 Å². The second kappa shape index (κ2) is 8.77. The van der Waals surface area contributed by atoms with E-state index in [-0.39, 0.29) is 18.4 Å². The van der Waals surface area contributed by atoms with Crippen LogP contribution in [-0.2, 0) is 9.59 Å². The van der Waals surface area contributed by atoms with Gasteiger partial charge >= 0.3 is 0 Å². The third kappa shape index (κ3) is 5.02. The summed E-state index contributed by atoms with van der Waals surface area (Å²) in [5.74, 6) is 1.30. The number of hydrogen-bond acceptors (Lipinski definition) is 3. The molecular weight excluding hydrogens is 338 g/mol. The maximum Gasteiger partial charge on any atom is 0.242 e. The van der Waals surface area contributed by atoms with Gasteiger partial charge in [-0.2, -0.15) is 0 Å². The van der Waals surface area contributed by atoms with E-state index in [1.54, 1.807) is 4.90 Å². The van der Waals surface area contributed by atoms with Crippen LogP contribution in [0.4, 0.5) is 11.4 Å². The first-order valence-electron chi connectivity index (χ1n) is 10.3. The number of carbonyl (C=O) groups is 2. The van der Waals surface area contributed by atoms with Crippen molar-refractivity contribution >= 4 is 23.2 Å². The van der Waals surface area contributed by atoms with Crippen molar-refractivity contribution in [2.45, 2.75) is 46.5 Å². The zero-order valence-corrected chi connectivity index (χ0v) is 17.0. The molecule has 5 heteroatoms. The number of hydrogen-bond donors (Lipinski definition) is 0. The maximum atomic E-state index is 12.7. The predicted octanol–water partition coefficient (Wildman–Crippen LogP) is 3.53. The fourth-order valence-electron chi connectivity index (χ4n) is 4.15. The number of rotatable bonds is 4. The molecule has 0 spiro atoms. The lowest BCUT2D eigenvalue weighted by atomic mass is 9.99. The van der Waals surface area contributed by atoms with Crippen LogP contribution in [-0.4, -0.2) is 49.4 Å². The topological polar surface area (TPSA) is 43.9 Å². The van der Waals surface area contributed by atoms with Gasteiger partial charge in [0, 0.05) is 44.5 Å². The molecule has 0 aliphatic carbocycles. The first-order valence-corrected chi connectivity index (χ1v) is 10.3. The average Bonchev–Trinajstić information content (AvgIpc) is 2.66. The van der Waals surface area contributed by atoms with Crippen LogP contribution >= 0.6 is 0 Å². The summed E-state index contributed by atoms with van der Waals surface area (Å²) in [6, 6.07) is 8.10. The normalized spacial score (nSPS) is 21.2. The fraction of sp³-hybridized carbons (Fsp3) is 0.636. The summed E-state index contributed by atoms with van der Waals surface area (Å²) < 4.78 is 0. The summed E-state index contributed by atoms with van der Waals surface area (Å²) in [6.07, 6.45) is 4.68. The van der Waals surface area contributed by atoms with Crippen molar-refractivity contribution in [3.8, 4) is 0 Å². The zero-order chi connectivity index (χ0) is 19.4. The summed E-state index contributed by atoms with van der Waals surface area (Å²) in [5, 5.41) is 0. The van der Waals surface area contributed by atoms with E-state index in [0.29, 0.717) is 5.92 Å². The number of nitrogens with zero attached hydrogens (tertiary/aromatic N) is 3. The van der Waals surface area contributed by atoms with Gasteiger partial charge in [0.05, 0.1) is 0 Å². The van der Waals surface area contributed by atoms with Crippen molar-refractivity contribution in [3.05, 3.63) is 24.3 Å². The van der Waals surface area contributed by atoms with Gasteiger partial charge in [-0.25, -0.2) is 0 Å². The quantitative estimate of drug-likeness (QED) is 0.813. The van der Waals surface area contributed by atoms with Gasteiger partial charge in [-0.15, -0.1) is 0 Å². The minimum atomic E-state index is -0.0899. The molecule has 0 bridgehead atoms. The second-order valence-corrected chi connectivity index (χ2v) is 8.38. The number of anilines is 2. The third-order valence-electron chi connectivity index (χ3n) is 5.99. The molecule has 0 aromatic heterocycles. The zero-order valence-electron chi connectivity index (χ0n) is 17.0. The molecule has 2 fully saturated rings. The van der Waals surface area contributed by atoms with Gasteiger partial charge in [-0.1, -0.05) is 13.8 Å². The Morgan fingerprint density at radius 1 is 1.00 bits per heavy atom. The molecule has 2 aliphatic heterocycles. The summed E-state index contributed by atoms with van der Waals surface area (Å²) in [7, 11) is 0. The van der Waals surface area contributed by atoms with Crippen molar-refractivity contribution in [2.75, 3.05) is 42.5 Å². The minimum Gasteiger partial charge on any atom is -0.372 e. The Kier molecular flexibility index (Phi) is 6.40. The van der Waals surface area contributed by atoms with Gasteiger partial charge in [0.2, 0.25) is 11.8 Å². The standard InChI is InChI=1S/C22H33N3O2/c1-17-10-13-23(14-11-17)20-6-8-21(9-7-20)25(19(3)26)16-22(27)24-12-4-5-18(2)15-24/h6-9,17-18H,4-5,10-16H2,1-3H3. The van der Waals surface area contributed by atoms with Gasteiger partial charge in [-0.05, 0) is 61.8 Å². The van der Waals surface area contributed by atoms with E-state index in [9.17, 15) is 9.59 Å². The molecule has 27 heavy (non-hydrogen) atoms. The molecule has 2 saturated heterocycles. The monoisotopic (exact) mass is 371 g/mol. The smallest absolute Gasteiger partial charge is 0.242 e. The van der Waals surface area contributed by atoms with Crippen molar-refractivity contribution in [2.24, 2.45) is 11.8 Å². The molecule has 1 aromatic rings. The van der Waals surface area contributed by atoms with Crippen molar-refractivity contribution < 1.29 is 9.59 Å². The summed E-state index contributed by atoms with van der Waals surface area (Å²) in [4.78, 5) is 30.8. The number of piperidine rings is 2. The van der Waals surface area contributed by atoms with Crippen molar-refractivity contribution in [3.63, 3.8) is 0 Å². The Balaban J connectivity index is 1.66. The van der Waals surface area contributed by atoms with Crippen LogP contribution in [0.3, 0.4) is 0 Å². The number of carbonyl (C=O) groups excluding carboxylic acids is 2. The molecule has 2 aliphatic rings. The summed E-state index contributed by atoms with van der Waals surface area (Å²) in [5.41, 5.74) is 2.00. The van der Waals surface area contributed by atoms with Crippen LogP contribution in [0.25, 0.3) is 0 Å². The molecule has 0 saturated carbocycles. The highest BCUT2D eigenvalue weighted by Crippen LogP contribution is 2.26. The van der Waals surface area contributed by atoms with Crippen LogP contribution in [0.2, 0.25) is 0 Å². The summed E-state index contributed by atoms with van der Waals surface area (Å²) >= 11 is 0. The molecule has 3 rings (SSSR count). The largest absolute Gasteiger partial charge is 0.372 e. The lowest BCUT2D eigenvalue weighted by Gasteiger charge is -2.33. The molecule has 2 heterocycles. The van der Waals surface area contributed by atoms with Crippen LogP contribution in [0, 0.1) is 11.8 Å². The highest BCUT2D eigenvalue weighted by molar-refractivity contribution is 5.97. The Bertz CT molecular complexity index is 650. The third-order valence-corrected chi connectivity index (χ3v) is 5.99. The molecule has 1 unspecified atom stereocenters. The molecular formula is C22H33N3O2. The molecule has 1 aromatic carbocycles. The van der Waals surface area contributed by atoms with Gasteiger partial charge in [0.25, 0.3) is 0 Å². The SMILES string of the molecule is CC(=O)N(CC(=O)N1CCCC(C)C1)c1ccc(N2CCC(C)CC2)cc1. The molecule has 148 valence electrons. The van der Waals surface area contributed by atoms with E-state index < -0.39 is 0 Å². The number of benzene rings is 1. The molecule has 0 radical (unpaired) electrons. The van der Waals surface area contributed by atoms with Crippen LogP contribution < -0.4 is 9.80 Å². The minimum absolute atomic E-state index is 0.0471. The Morgan fingerprint density at radius 3 is 2.26 bits per heavy atom. The van der Waals surface area contributed by atoms with Gasteiger partial charge in [0.1, 0.15) is 6.54 Å². The highest BCUT2D eigenvalue weighted by atomic mass is 16.2. The van der Waals surface area contributed by atoms with E-state index in [4.69, 9.17) is 0 Å². The number of likely N-dealkylation sites (tertiary alicyclic amines) is 1. The number of amides is 2. The Labute approximate surface area is 163 Å². The predicted molar refractivity (Wildman–Crippen MR) is 110 cm³/mol. The van der Waals surface area contributed by atoms with E-state index >= 15 is 0 Å². The molecule has 2 amide bonds. The first-order chi connectivity index (χ1) is 12.9. The molecule has 1 atom stereocenters. The Morgan fingerprint density at radius 2 is 1.67 bits per heavy atom. The molecule has 5 nitrogen and oxygen atoms in total.